The SMILES string of the molecule is C=CCCc1ccc(COc2ccc(-c3ccc(CCC=C)c(F)c3)cc2)c(F)c1. The maximum absolute atomic E-state index is 14.3. The lowest BCUT2D eigenvalue weighted by Gasteiger charge is -2.10. The Balaban J connectivity index is 1.63. The summed E-state index contributed by atoms with van der Waals surface area (Å²) in [7, 11) is 0. The molecule has 0 spiro atoms. The van der Waals surface area contributed by atoms with Crippen molar-refractivity contribution >= 4 is 0 Å². The molecular formula is C27H26F2O. The molecule has 0 atom stereocenters. The summed E-state index contributed by atoms with van der Waals surface area (Å²) in [6.07, 6.45) is 6.61. The zero-order valence-electron chi connectivity index (χ0n) is 17.0. The van der Waals surface area contributed by atoms with Crippen LogP contribution in [-0.4, -0.2) is 0 Å². The fraction of sp³-hybridized carbons (Fsp3) is 0.185. The highest BCUT2D eigenvalue weighted by Crippen LogP contribution is 2.25. The molecule has 0 saturated carbocycles. The number of rotatable bonds is 10. The van der Waals surface area contributed by atoms with Crippen molar-refractivity contribution in [1.82, 2.24) is 0 Å². The second-order valence-electron chi connectivity index (χ2n) is 7.20. The Bertz CT molecular complexity index is 1010. The lowest BCUT2D eigenvalue weighted by atomic mass is 10.0. The molecule has 0 N–H and O–H groups in total. The highest BCUT2D eigenvalue weighted by atomic mass is 19.1. The quantitative estimate of drug-likeness (QED) is 0.319. The van der Waals surface area contributed by atoms with E-state index in [1.165, 1.54) is 0 Å². The number of benzene rings is 3. The van der Waals surface area contributed by atoms with Crippen molar-refractivity contribution in [2.45, 2.75) is 32.3 Å². The number of aryl methyl sites for hydroxylation is 2. The molecule has 0 saturated heterocycles. The Kier molecular flexibility index (Phi) is 7.56. The molecule has 0 bridgehead atoms. The van der Waals surface area contributed by atoms with Gasteiger partial charge in [0.05, 0.1) is 0 Å². The molecule has 0 amide bonds. The number of hydrogen-bond acceptors (Lipinski definition) is 1. The van der Waals surface area contributed by atoms with Gasteiger partial charge >= 0.3 is 0 Å². The van der Waals surface area contributed by atoms with Gasteiger partial charge in [0, 0.05) is 5.56 Å². The third kappa shape index (κ3) is 5.66. The predicted octanol–water partition coefficient (Wildman–Crippen LogP) is 7.45. The summed E-state index contributed by atoms with van der Waals surface area (Å²) in [6, 6.07) is 17.9. The van der Waals surface area contributed by atoms with Gasteiger partial charge in [-0.25, -0.2) is 8.78 Å². The van der Waals surface area contributed by atoms with E-state index in [1.807, 2.05) is 48.5 Å². The van der Waals surface area contributed by atoms with Gasteiger partial charge in [0.1, 0.15) is 24.0 Å². The summed E-state index contributed by atoms with van der Waals surface area (Å²) in [6.45, 7) is 7.51. The van der Waals surface area contributed by atoms with E-state index < -0.39 is 0 Å². The van der Waals surface area contributed by atoms with Crippen molar-refractivity contribution in [2.75, 3.05) is 0 Å². The average molecular weight is 405 g/mol. The Morgan fingerprint density at radius 1 is 0.700 bits per heavy atom. The molecule has 154 valence electrons. The van der Waals surface area contributed by atoms with Crippen molar-refractivity contribution in [1.29, 1.82) is 0 Å². The summed E-state index contributed by atoms with van der Waals surface area (Å²) in [5.41, 5.74) is 3.86. The smallest absolute Gasteiger partial charge is 0.130 e. The van der Waals surface area contributed by atoms with E-state index in [1.54, 1.807) is 24.3 Å². The lowest BCUT2D eigenvalue weighted by Crippen LogP contribution is -1.99. The molecule has 3 aromatic rings. The van der Waals surface area contributed by atoms with Crippen molar-refractivity contribution in [3.63, 3.8) is 0 Å². The van der Waals surface area contributed by atoms with Crippen LogP contribution in [0.2, 0.25) is 0 Å². The van der Waals surface area contributed by atoms with E-state index in [4.69, 9.17) is 4.74 Å². The molecule has 0 aromatic heterocycles. The lowest BCUT2D eigenvalue weighted by molar-refractivity contribution is 0.300. The maximum atomic E-state index is 14.3. The van der Waals surface area contributed by atoms with Gasteiger partial charge < -0.3 is 4.74 Å². The normalized spacial score (nSPS) is 10.6. The molecule has 0 unspecified atom stereocenters. The fourth-order valence-electron chi connectivity index (χ4n) is 3.22. The van der Waals surface area contributed by atoms with Crippen LogP contribution in [0.25, 0.3) is 11.1 Å². The van der Waals surface area contributed by atoms with Gasteiger partial charge in [0.2, 0.25) is 0 Å². The molecule has 1 nitrogen and oxygen atoms in total. The van der Waals surface area contributed by atoms with E-state index in [0.29, 0.717) is 23.3 Å². The van der Waals surface area contributed by atoms with Crippen LogP contribution in [0.5, 0.6) is 5.75 Å². The zero-order valence-corrected chi connectivity index (χ0v) is 17.0. The molecular weight excluding hydrogens is 378 g/mol. The first-order chi connectivity index (χ1) is 14.6. The highest BCUT2D eigenvalue weighted by Gasteiger charge is 2.07. The van der Waals surface area contributed by atoms with E-state index >= 15 is 0 Å². The van der Waals surface area contributed by atoms with Gasteiger partial charge in [-0.15, -0.1) is 13.2 Å². The van der Waals surface area contributed by atoms with E-state index in [2.05, 4.69) is 13.2 Å². The van der Waals surface area contributed by atoms with Crippen LogP contribution < -0.4 is 4.74 Å². The third-order valence-corrected chi connectivity index (χ3v) is 5.01. The number of halogens is 2. The van der Waals surface area contributed by atoms with Gasteiger partial charge in [0.15, 0.2) is 0 Å². The van der Waals surface area contributed by atoms with Crippen LogP contribution in [0.4, 0.5) is 8.78 Å². The second-order valence-corrected chi connectivity index (χ2v) is 7.20. The third-order valence-electron chi connectivity index (χ3n) is 5.01. The molecule has 0 radical (unpaired) electrons. The largest absolute Gasteiger partial charge is 0.489 e. The van der Waals surface area contributed by atoms with Crippen molar-refractivity contribution in [3.05, 3.63) is 114 Å². The first-order valence-electron chi connectivity index (χ1n) is 10.1. The van der Waals surface area contributed by atoms with Crippen LogP contribution >= 0.6 is 0 Å². The van der Waals surface area contributed by atoms with Crippen molar-refractivity contribution < 1.29 is 13.5 Å². The van der Waals surface area contributed by atoms with Crippen molar-refractivity contribution in [3.8, 4) is 16.9 Å². The summed E-state index contributed by atoms with van der Waals surface area (Å²) in [5.74, 6) is 0.166. The average Bonchev–Trinajstić information content (AvgIpc) is 2.76. The minimum atomic E-state index is -0.264. The Labute approximate surface area is 177 Å². The van der Waals surface area contributed by atoms with Crippen LogP contribution in [0.15, 0.2) is 86.0 Å². The molecule has 0 aliphatic heterocycles. The van der Waals surface area contributed by atoms with Gasteiger partial charge in [0.25, 0.3) is 0 Å². The minimum absolute atomic E-state index is 0.152. The molecule has 3 heteroatoms. The number of ether oxygens (including phenoxy) is 1. The predicted molar refractivity (Wildman–Crippen MR) is 120 cm³/mol. The number of allylic oxidation sites excluding steroid dienone is 2. The van der Waals surface area contributed by atoms with Crippen LogP contribution in [0, 0.1) is 11.6 Å². The van der Waals surface area contributed by atoms with Crippen LogP contribution in [-0.2, 0) is 19.4 Å². The maximum Gasteiger partial charge on any atom is 0.130 e. The second kappa shape index (κ2) is 10.5. The molecule has 0 aliphatic carbocycles. The summed E-state index contributed by atoms with van der Waals surface area (Å²) < 4.78 is 34.3. The first kappa shape index (κ1) is 21.5. The Hall–Kier alpha value is -3.20. The molecule has 0 heterocycles. The molecule has 0 fully saturated rings. The van der Waals surface area contributed by atoms with Crippen molar-refractivity contribution in [2.24, 2.45) is 0 Å². The van der Waals surface area contributed by atoms with Gasteiger partial charge in [-0.05, 0) is 72.2 Å². The molecule has 3 aromatic carbocycles. The Morgan fingerprint density at radius 3 is 2.00 bits per heavy atom. The van der Waals surface area contributed by atoms with Crippen LogP contribution in [0.3, 0.4) is 0 Å². The van der Waals surface area contributed by atoms with E-state index in [-0.39, 0.29) is 18.2 Å². The van der Waals surface area contributed by atoms with E-state index in [0.717, 1.165) is 36.0 Å². The fourth-order valence-corrected chi connectivity index (χ4v) is 3.22. The topological polar surface area (TPSA) is 9.23 Å². The highest BCUT2D eigenvalue weighted by molar-refractivity contribution is 5.64. The first-order valence-corrected chi connectivity index (χ1v) is 10.1. The van der Waals surface area contributed by atoms with Gasteiger partial charge in [-0.3, -0.25) is 0 Å². The summed E-state index contributed by atoms with van der Waals surface area (Å²) in [5, 5.41) is 0. The molecule has 3 rings (SSSR count). The molecule has 30 heavy (non-hydrogen) atoms. The van der Waals surface area contributed by atoms with Gasteiger partial charge in [-0.2, -0.15) is 0 Å². The molecule has 0 aliphatic rings. The summed E-state index contributed by atoms with van der Waals surface area (Å²) in [4.78, 5) is 0. The monoisotopic (exact) mass is 404 g/mol. The minimum Gasteiger partial charge on any atom is -0.489 e. The van der Waals surface area contributed by atoms with Gasteiger partial charge in [-0.1, -0.05) is 48.6 Å². The zero-order chi connectivity index (χ0) is 21.3. The summed E-state index contributed by atoms with van der Waals surface area (Å²) >= 11 is 0. The van der Waals surface area contributed by atoms with Crippen LogP contribution in [0.1, 0.15) is 29.5 Å². The number of hydrogen-bond donors (Lipinski definition) is 0. The van der Waals surface area contributed by atoms with E-state index in [9.17, 15) is 8.78 Å². The standard InChI is InChI=1S/C27H26F2O/c1-3-5-7-20-9-10-24(26(28)17-20)19-30-25-15-13-21(14-16-25)23-12-11-22(8-6-4-2)27(29)18-23/h3-4,9-18H,1-2,5-8,19H2. The Morgan fingerprint density at radius 2 is 1.33 bits per heavy atom.